The van der Waals surface area contributed by atoms with E-state index in [1.165, 1.54) is 0 Å². The Bertz CT molecular complexity index is 497. The molecular formula is C15H15F3O. The average molecular weight is 268 g/mol. The van der Waals surface area contributed by atoms with E-state index < -0.39 is 11.7 Å². The quantitative estimate of drug-likeness (QED) is 0.757. The Balaban J connectivity index is 1.97. The lowest BCUT2D eigenvalue weighted by atomic mass is 9.95. The summed E-state index contributed by atoms with van der Waals surface area (Å²) in [6, 6.07) is 9.11. The maximum atomic E-state index is 12.4. The van der Waals surface area contributed by atoms with E-state index in [0.29, 0.717) is 0 Å². The average Bonchev–Trinajstić information content (AvgIpc) is 2.88. The van der Waals surface area contributed by atoms with Gasteiger partial charge in [-0.15, -0.1) is 0 Å². The van der Waals surface area contributed by atoms with Crippen LogP contribution >= 0.6 is 0 Å². The van der Waals surface area contributed by atoms with E-state index in [9.17, 15) is 13.2 Å². The summed E-state index contributed by atoms with van der Waals surface area (Å²) in [5.74, 6) is 1.10. The highest BCUT2D eigenvalue weighted by molar-refractivity contribution is 5.26. The smallest absolute Gasteiger partial charge is 0.416 e. The van der Waals surface area contributed by atoms with Crippen molar-refractivity contribution in [1.29, 1.82) is 0 Å². The van der Waals surface area contributed by atoms with Crippen LogP contribution in [0.1, 0.15) is 36.1 Å². The van der Waals surface area contributed by atoms with Gasteiger partial charge in [0, 0.05) is 6.42 Å². The van der Waals surface area contributed by atoms with Gasteiger partial charge in [0.25, 0.3) is 0 Å². The van der Waals surface area contributed by atoms with Gasteiger partial charge in [-0.2, -0.15) is 13.2 Å². The maximum Gasteiger partial charge on any atom is 0.416 e. The summed E-state index contributed by atoms with van der Waals surface area (Å²) in [6.07, 6.45) is -1.01. The minimum Gasteiger partial charge on any atom is -0.469 e. The van der Waals surface area contributed by atoms with E-state index >= 15 is 0 Å². The molecule has 2 aromatic rings. The van der Waals surface area contributed by atoms with Crippen LogP contribution in [0.2, 0.25) is 0 Å². The van der Waals surface area contributed by atoms with E-state index in [1.807, 2.05) is 19.1 Å². The zero-order valence-corrected chi connectivity index (χ0v) is 10.6. The van der Waals surface area contributed by atoms with Gasteiger partial charge in [-0.3, -0.25) is 0 Å². The molecule has 0 spiro atoms. The molecule has 0 aliphatic rings. The zero-order valence-electron chi connectivity index (χ0n) is 10.6. The molecule has 1 aromatic carbocycles. The number of benzene rings is 1. The van der Waals surface area contributed by atoms with Crippen LogP contribution in [0.25, 0.3) is 0 Å². The lowest BCUT2D eigenvalue weighted by molar-refractivity contribution is -0.137. The molecule has 4 heteroatoms. The van der Waals surface area contributed by atoms with E-state index in [-0.39, 0.29) is 5.92 Å². The SMILES string of the molecule is CC(CCc1ccco1)c1ccc(C(F)(F)F)cc1. The Morgan fingerprint density at radius 3 is 2.32 bits per heavy atom. The van der Waals surface area contributed by atoms with Crippen molar-refractivity contribution in [3.8, 4) is 0 Å². The predicted octanol–water partition coefficient (Wildman–Crippen LogP) is 5.03. The number of aryl methyl sites for hydroxylation is 1. The largest absolute Gasteiger partial charge is 0.469 e. The lowest BCUT2D eigenvalue weighted by Crippen LogP contribution is -2.05. The molecule has 1 unspecified atom stereocenters. The molecule has 1 nitrogen and oxygen atoms in total. The molecule has 19 heavy (non-hydrogen) atoms. The van der Waals surface area contributed by atoms with Gasteiger partial charge in [0.2, 0.25) is 0 Å². The topological polar surface area (TPSA) is 13.1 Å². The van der Waals surface area contributed by atoms with E-state index in [4.69, 9.17) is 4.42 Å². The molecule has 0 saturated heterocycles. The van der Waals surface area contributed by atoms with Gasteiger partial charge in [-0.05, 0) is 42.2 Å². The molecule has 102 valence electrons. The Kier molecular flexibility index (Phi) is 3.98. The summed E-state index contributed by atoms with van der Waals surface area (Å²) >= 11 is 0. The van der Waals surface area contributed by atoms with Crippen LogP contribution < -0.4 is 0 Å². The molecule has 0 bridgehead atoms. The first-order valence-electron chi connectivity index (χ1n) is 6.16. The van der Waals surface area contributed by atoms with Gasteiger partial charge in [0.1, 0.15) is 5.76 Å². The zero-order chi connectivity index (χ0) is 13.9. The van der Waals surface area contributed by atoms with Crippen molar-refractivity contribution in [2.24, 2.45) is 0 Å². The van der Waals surface area contributed by atoms with Gasteiger partial charge < -0.3 is 4.42 Å². The van der Waals surface area contributed by atoms with Crippen LogP contribution in [-0.2, 0) is 12.6 Å². The second-order valence-corrected chi connectivity index (χ2v) is 4.64. The molecule has 0 amide bonds. The molecule has 0 aliphatic carbocycles. The first kappa shape index (κ1) is 13.7. The second-order valence-electron chi connectivity index (χ2n) is 4.64. The van der Waals surface area contributed by atoms with Gasteiger partial charge in [-0.25, -0.2) is 0 Å². The Morgan fingerprint density at radius 2 is 1.79 bits per heavy atom. The molecule has 0 radical (unpaired) electrons. The van der Waals surface area contributed by atoms with Crippen LogP contribution in [0.4, 0.5) is 13.2 Å². The first-order chi connectivity index (χ1) is 8.97. The summed E-state index contributed by atoms with van der Waals surface area (Å²) in [5.41, 5.74) is 0.314. The summed E-state index contributed by atoms with van der Waals surface area (Å²) in [7, 11) is 0. The van der Waals surface area contributed by atoms with Crippen molar-refractivity contribution in [1.82, 2.24) is 0 Å². The number of halogens is 3. The summed E-state index contributed by atoms with van der Waals surface area (Å²) in [5, 5.41) is 0. The van der Waals surface area contributed by atoms with E-state index in [1.54, 1.807) is 18.4 Å². The highest BCUT2D eigenvalue weighted by atomic mass is 19.4. The lowest BCUT2D eigenvalue weighted by Gasteiger charge is -2.12. The number of alkyl halides is 3. The first-order valence-corrected chi connectivity index (χ1v) is 6.16. The van der Waals surface area contributed by atoms with Crippen molar-refractivity contribution in [2.45, 2.75) is 31.9 Å². The molecule has 1 atom stereocenters. The monoisotopic (exact) mass is 268 g/mol. The number of rotatable bonds is 4. The van der Waals surface area contributed by atoms with Crippen molar-refractivity contribution in [3.63, 3.8) is 0 Å². The minimum atomic E-state index is -4.27. The van der Waals surface area contributed by atoms with Gasteiger partial charge in [0.05, 0.1) is 11.8 Å². The van der Waals surface area contributed by atoms with Crippen LogP contribution in [0, 0.1) is 0 Å². The molecular weight excluding hydrogens is 253 g/mol. The van der Waals surface area contributed by atoms with Crippen molar-refractivity contribution >= 4 is 0 Å². The fraction of sp³-hybridized carbons (Fsp3) is 0.333. The summed E-state index contributed by atoms with van der Waals surface area (Å²) in [4.78, 5) is 0. The van der Waals surface area contributed by atoms with Crippen molar-refractivity contribution < 1.29 is 17.6 Å². The summed E-state index contributed by atoms with van der Waals surface area (Å²) < 4.78 is 42.6. The third-order valence-corrected chi connectivity index (χ3v) is 3.21. The standard InChI is InChI=1S/C15H15F3O/c1-11(4-9-14-3-2-10-19-14)12-5-7-13(8-6-12)15(16,17)18/h2-3,5-8,10-11H,4,9H2,1H3. The Hall–Kier alpha value is -1.71. The Morgan fingerprint density at radius 1 is 1.11 bits per heavy atom. The molecule has 1 aromatic heterocycles. The molecule has 2 rings (SSSR count). The maximum absolute atomic E-state index is 12.4. The third-order valence-electron chi connectivity index (χ3n) is 3.21. The summed E-state index contributed by atoms with van der Waals surface area (Å²) in [6.45, 7) is 2.01. The highest BCUT2D eigenvalue weighted by Gasteiger charge is 2.30. The number of hydrogen-bond acceptors (Lipinski definition) is 1. The fourth-order valence-corrected chi connectivity index (χ4v) is 1.98. The second kappa shape index (κ2) is 5.51. The van der Waals surface area contributed by atoms with E-state index in [2.05, 4.69) is 0 Å². The predicted molar refractivity (Wildman–Crippen MR) is 66.9 cm³/mol. The van der Waals surface area contributed by atoms with E-state index in [0.717, 1.165) is 36.3 Å². The van der Waals surface area contributed by atoms with Crippen molar-refractivity contribution in [3.05, 3.63) is 59.5 Å². The molecule has 0 fully saturated rings. The highest BCUT2D eigenvalue weighted by Crippen LogP contribution is 2.30. The van der Waals surface area contributed by atoms with Gasteiger partial charge in [0.15, 0.2) is 0 Å². The Labute approximate surface area is 110 Å². The van der Waals surface area contributed by atoms with Crippen LogP contribution in [0.15, 0.2) is 47.1 Å². The normalized spacial score (nSPS) is 13.5. The number of furan rings is 1. The van der Waals surface area contributed by atoms with Crippen LogP contribution in [0.3, 0.4) is 0 Å². The molecule has 0 N–H and O–H groups in total. The third kappa shape index (κ3) is 3.63. The number of hydrogen-bond donors (Lipinski definition) is 0. The molecule has 0 saturated carbocycles. The van der Waals surface area contributed by atoms with Crippen molar-refractivity contribution in [2.75, 3.05) is 0 Å². The fourth-order valence-electron chi connectivity index (χ4n) is 1.98. The molecule has 1 heterocycles. The minimum absolute atomic E-state index is 0.201. The molecule has 0 aliphatic heterocycles. The van der Waals surface area contributed by atoms with Gasteiger partial charge in [-0.1, -0.05) is 19.1 Å². The van der Waals surface area contributed by atoms with Gasteiger partial charge >= 0.3 is 6.18 Å². The van der Waals surface area contributed by atoms with Crippen LogP contribution in [0.5, 0.6) is 0 Å². The van der Waals surface area contributed by atoms with Crippen LogP contribution in [-0.4, -0.2) is 0 Å².